The predicted molar refractivity (Wildman–Crippen MR) is 84.1 cm³/mol. The van der Waals surface area contributed by atoms with Gasteiger partial charge in [-0.1, -0.05) is 12.1 Å². The fraction of sp³-hybridized carbons (Fsp3) is 0.529. The standard InChI is InChI=1S/C17H19F3N2O4/c18-17(19,20)13-3-1-2-12(10-13)16(25)4-6-21(7-5-16)14(23)11-22-8-9-26-15(22)24/h1-3,10,25H,4-9,11H2. The van der Waals surface area contributed by atoms with Crippen molar-refractivity contribution in [1.82, 2.24) is 9.80 Å². The van der Waals surface area contributed by atoms with Gasteiger partial charge in [0.1, 0.15) is 13.2 Å². The molecule has 0 aromatic heterocycles. The van der Waals surface area contributed by atoms with Crippen molar-refractivity contribution in [3.05, 3.63) is 35.4 Å². The number of carbonyl (C=O) groups is 2. The molecule has 0 radical (unpaired) electrons. The Morgan fingerprint density at radius 2 is 1.92 bits per heavy atom. The second kappa shape index (κ2) is 6.79. The van der Waals surface area contributed by atoms with Gasteiger partial charge in [0.05, 0.1) is 17.7 Å². The molecular weight excluding hydrogens is 353 g/mol. The Morgan fingerprint density at radius 1 is 1.23 bits per heavy atom. The van der Waals surface area contributed by atoms with Crippen LogP contribution in [0.25, 0.3) is 0 Å². The minimum atomic E-state index is -4.48. The highest BCUT2D eigenvalue weighted by atomic mass is 19.4. The first-order chi connectivity index (χ1) is 12.2. The first-order valence-electron chi connectivity index (χ1n) is 8.29. The molecule has 0 bridgehead atoms. The van der Waals surface area contributed by atoms with Crippen LogP contribution in [0, 0.1) is 0 Å². The molecule has 3 rings (SSSR count). The Hall–Kier alpha value is -2.29. The number of likely N-dealkylation sites (tertiary alicyclic amines) is 1. The van der Waals surface area contributed by atoms with Crippen molar-refractivity contribution in [3.63, 3.8) is 0 Å². The van der Waals surface area contributed by atoms with Gasteiger partial charge in [0.2, 0.25) is 5.91 Å². The topological polar surface area (TPSA) is 70.1 Å². The van der Waals surface area contributed by atoms with E-state index >= 15 is 0 Å². The highest BCUT2D eigenvalue weighted by Gasteiger charge is 2.38. The molecule has 1 N–H and O–H groups in total. The van der Waals surface area contributed by atoms with E-state index in [0.29, 0.717) is 6.54 Å². The second-order valence-electron chi connectivity index (χ2n) is 6.53. The van der Waals surface area contributed by atoms with Crippen molar-refractivity contribution in [1.29, 1.82) is 0 Å². The van der Waals surface area contributed by atoms with Crippen LogP contribution in [0.15, 0.2) is 24.3 Å². The van der Waals surface area contributed by atoms with E-state index in [-0.39, 0.29) is 50.6 Å². The van der Waals surface area contributed by atoms with Crippen molar-refractivity contribution in [3.8, 4) is 0 Å². The highest BCUT2D eigenvalue weighted by Crippen LogP contribution is 2.36. The number of benzene rings is 1. The van der Waals surface area contributed by atoms with Crippen LogP contribution in [0.4, 0.5) is 18.0 Å². The van der Waals surface area contributed by atoms with Crippen LogP contribution < -0.4 is 0 Å². The van der Waals surface area contributed by atoms with Crippen LogP contribution in [0.1, 0.15) is 24.0 Å². The predicted octanol–water partition coefficient (Wildman–Crippen LogP) is 1.97. The highest BCUT2D eigenvalue weighted by molar-refractivity contribution is 5.83. The van der Waals surface area contributed by atoms with Crippen LogP contribution in [0.3, 0.4) is 0 Å². The van der Waals surface area contributed by atoms with Crippen molar-refractivity contribution in [2.75, 3.05) is 32.8 Å². The van der Waals surface area contributed by atoms with Gasteiger partial charge in [-0.25, -0.2) is 4.79 Å². The lowest BCUT2D eigenvalue weighted by molar-refractivity contribution is -0.137. The summed E-state index contributed by atoms with van der Waals surface area (Å²) >= 11 is 0. The summed E-state index contributed by atoms with van der Waals surface area (Å²) in [6.07, 6.45) is -4.75. The van der Waals surface area contributed by atoms with E-state index in [1.165, 1.54) is 21.9 Å². The molecule has 0 atom stereocenters. The lowest BCUT2D eigenvalue weighted by Gasteiger charge is -2.39. The SMILES string of the molecule is O=C(CN1CCOC1=O)N1CCC(O)(c2cccc(C(F)(F)F)c2)CC1. The molecule has 2 heterocycles. The molecule has 0 spiro atoms. The number of carbonyl (C=O) groups excluding carboxylic acids is 2. The number of aliphatic hydroxyl groups is 1. The smallest absolute Gasteiger partial charge is 0.416 e. The summed E-state index contributed by atoms with van der Waals surface area (Å²) in [4.78, 5) is 26.5. The normalized spacial score (nSPS) is 20.2. The monoisotopic (exact) mass is 372 g/mol. The molecule has 2 fully saturated rings. The Morgan fingerprint density at radius 3 is 2.50 bits per heavy atom. The summed E-state index contributed by atoms with van der Waals surface area (Å²) in [5, 5.41) is 10.8. The summed E-state index contributed by atoms with van der Waals surface area (Å²) in [5.41, 5.74) is -2.03. The largest absolute Gasteiger partial charge is 0.448 e. The van der Waals surface area contributed by atoms with Gasteiger partial charge in [-0.2, -0.15) is 13.2 Å². The molecule has 6 nitrogen and oxygen atoms in total. The lowest BCUT2D eigenvalue weighted by atomic mass is 9.83. The van der Waals surface area contributed by atoms with Gasteiger partial charge in [0, 0.05) is 13.1 Å². The van der Waals surface area contributed by atoms with Gasteiger partial charge < -0.3 is 14.7 Å². The number of cyclic esters (lactones) is 1. The number of piperidine rings is 1. The van der Waals surface area contributed by atoms with Crippen molar-refractivity contribution >= 4 is 12.0 Å². The molecule has 2 aliphatic rings. The maximum atomic E-state index is 12.9. The molecule has 1 aromatic rings. The van der Waals surface area contributed by atoms with E-state index in [4.69, 9.17) is 4.74 Å². The number of amides is 2. The van der Waals surface area contributed by atoms with Crippen molar-refractivity contribution in [2.45, 2.75) is 24.6 Å². The molecule has 2 aliphatic heterocycles. The quantitative estimate of drug-likeness (QED) is 0.881. The number of alkyl halides is 3. The van der Waals surface area contributed by atoms with E-state index in [9.17, 15) is 27.9 Å². The Balaban J connectivity index is 1.63. The van der Waals surface area contributed by atoms with Crippen molar-refractivity contribution in [2.24, 2.45) is 0 Å². The number of rotatable bonds is 3. The van der Waals surface area contributed by atoms with Gasteiger partial charge in [0.15, 0.2) is 0 Å². The van der Waals surface area contributed by atoms with Gasteiger partial charge in [0.25, 0.3) is 0 Å². The summed E-state index contributed by atoms with van der Waals surface area (Å²) in [5.74, 6) is -0.269. The Labute approximate surface area is 148 Å². The molecule has 26 heavy (non-hydrogen) atoms. The zero-order chi connectivity index (χ0) is 18.9. The first-order valence-corrected chi connectivity index (χ1v) is 8.29. The molecule has 0 unspecified atom stereocenters. The minimum absolute atomic E-state index is 0.0964. The first kappa shape index (κ1) is 18.5. The van der Waals surface area contributed by atoms with Crippen LogP contribution in [-0.4, -0.2) is 59.7 Å². The zero-order valence-electron chi connectivity index (χ0n) is 14.0. The third kappa shape index (κ3) is 3.77. The van der Waals surface area contributed by atoms with Crippen LogP contribution in [0.2, 0.25) is 0 Å². The number of nitrogens with zero attached hydrogens (tertiary/aromatic N) is 2. The number of halogens is 3. The molecule has 0 aliphatic carbocycles. The van der Waals surface area contributed by atoms with Gasteiger partial charge in [-0.3, -0.25) is 9.69 Å². The fourth-order valence-corrected chi connectivity index (χ4v) is 3.23. The van der Waals surface area contributed by atoms with E-state index < -0.39 is 23.4 Å². The fourth-order valence-electron chi connectivity index (χ4n) is 3.23. The van der Waals surface area contributed by atoms with Gasteiger partial charge >= 0.3 is 12.3 Å². The second-order valence-corrected chi connectivity index (χ2v) is 6.53. The minimum Gasteiger partial charge on any atom is -0.448 e. The summed E-state index contributed by atoms with van der Waals surface area (Å²) in [6, 6.07) is 4.65. The summed E-state index contributed by atoms with van der Waals surface area (Å²) in [7, 11) is 0. The van der Waals surface area contributed by atoms with E-state index in [2.05, 4.69) is 0 Å². The third-order valence-corrected chi connectivity index (χ3v) is 4.84. The Bertz CT molecular complexity index is 699. The molecule has 0 saturated carbocycles. The number of hydrogen-bond acceptors (Lipinski definition) is 4. The average molecular weight is 372 g/mol. The van der Waals surface area contributed by atoms with Gasteiger partial charge in [-0.05, 0) is 30.5 Å². The van der Waals surface area contributed by atoms with Crippen LogP contribution in [-0.2, 0) is 21.3 Å². The molecule has 2 amide bonds. The molecule has 1 aromatic carbocycles. The summed E-state index contributed by atoms with van der Waals surface area (Å²) < 4.78 is 43.4. The number of hydrogen-bond donors (Lipinski definition) is 1. The number of ether oxygens (including phenoxy) is 1. The van der Waals surface area contributed by atoms with Gasteiger partial charge in [-0.15, -0.1) is 0 Å². The molecular formula is C17H19F3N2O4. The van der Waals surface area contributed by atoms with Crippen LogP contribution >= 0.6 is 0 Å². The molecule has 2 saturated heterocycles. The maximum Gasteiger partial charge on any atom is 0.416 e. The van der Waals surface area contributed by atoms with E-state index in [1.807, 2.05) is 0 Å². The van der Waals surface area contributed by atoms with Crippen molar-refractivity contribution < 1.29 is 32.6 Å². The average Bonchev–Trinajstić information content (AvgIpc) is 3.00. The Kier molecular flexibility index (Phi) is 4.83. The third-order valence-electron chi connectivity index (χ3n) is 4.84. The zero-order valence-corrected chi connectivity index (χ0v) is 14.0. The van der Waals surface area contributed by atoms with E-state index in [0.717, 1.165) is 12.1 Å². The summed E-state index contributed by atoms with van der Waals surface area (Å²) in [6.45, 7) is 0.914. The van der Waals surface area contributed by atoms with Crippen LogP contribution in [0.5, 0.6) is 0 Å². The van der Waals surface area contributed by atoms with E-state index in [1.54, 1.807) is 0 Å². The maximum absolute atomic E-state index is 12.9. The molecule has 142 valence electrons. The molecule has 9 heteroatoms. The lowest BCUT2D eigenvalue weighted by Crippen LogP contribution is -2.48.